The minimum Gasteiger partial charge on any atom is -0.355 e. The molecule has 144 valence electrons. The Morgan fingerprint density at radius 1 is 1.27 bits per heavy atom. The van der Waals surface area contributed by atoms with E-state index in [1.165, 1.54) is 0 Å². The highest BCUT2D eigenvalue weighted by Crippen LogP contribution is 2.23. The third-order valence-electron chi connectivity index (χ3n) is 5.38. The monoisotopic (exact) mass is 361 g/mol. The van der Waals surface area contributed by atoms with E-state index in [2.05, 4.69) is 20.2 Å². The van der Waals surface area contributed by atoms with Gasteiger partial charge in [-0.05, 0) is 38.6 Å². The van der Waals surface area contributed by atoms with Gasteiger partial charge in [0.15, 0.2) is 0 Å². The smallest absolute Gasteiger partial charge is 0.234 e. The zero-order valence-corrected chi connectivity index (χ0v) is 15.6. The summed E-state index contributed by atoms with van der Waals surface area (Å²) in [7, 11) is 0. The second-order valence-corrected chi connectivity index (χ2v) is 7.44. The van der Waals surface area contributed by atoms with Crippen molar-refractivity contribution in [1.29, 1.82) is 0 Å². The third-order valence-corrected chi connectivity index (χ3v) is 5.38. The fraction of sp³-hybridized carbons (Fsp3) is 0.737. The van der Waals surface area contributed by atoms with Gasteiger partial charge in [0.1, 0.15) is 5.82 Å². The first kappa shape index (κ1) is 18.9. The Kier molecular flexibility index (Phi) is 7.05. The third kappa shape index (κ3) is 5.56. The summed E-state index contributed by atoms with van der Waals surface area (Å²) in [6.45, 7) is 4.55. The highest BCUT2D eigenvalue weighted by molar-refractivity contribution is 5.78. The zero-order valence-electron chi connectivity index (χ0n) is 15.6. The number of hydrogen-bond donors (Lipinski definition) is 2. The molecule has 0 aromatic carbocycles. The molecule has 0 aliphatic carbocycles. The van der Waals surface area contributed by atoms with Gasteiger partial charge in [-0.3, -0.25) is 14.5 Å². The molecular formula is C19H31N5O2. The van der Waals surface area contributed by atoms with Gasteiger partial charge in [0.05, 0.1) is 6.54 Å². The van der Waals surface area contributed by atoms with Crippen molar-refractivity contribution in [3.05, 3.63) is 18.2 Å². The van der Waals surface area contributed by atoms with Gasteiger partial charge in [-0.1, -0.05) is 6.42 Å². The van der Waals surface area contributed by atoms with Crippen LogP contribution in [0.4, 0.5) is 0 Å². The molecule has 0 radical (unpaired) electrons. The molecule has 26 heavy (non-hydrogen) atoms. The van der Waals surface area contributed by atoms with Crippen molar-refractivity contribution in [2.24, 2.45) is 0 Å². The molecule has 0 spiro atoms. The topological polar surface area (TPSA) is 81.3 Å². The van der Waals surface area contributed by atoms with E-state index in [0.29, 0.717) is 25.4 Å². The Labute approximate surface area is 155 Å². The number of piperidine rings is 1. The highest BCUT2D eigenvalue weighted by atomic mass is 16.2. The van der Waals surface area contributed by atoms with Crippen molar-refractivity contribution in [1.82, 2.24) is 25.1 Å². The number of nitrogens with zero attached hydrogens (tertiary/aromatic N) is 3. The number of hydrogen-bond acceptors (Lipinski definition) is 4. The van der Waals surface area contributed by atoms with Crippen molar-refractivity contribution in [2.75, 3.05) is 39.3 Å². The molecule has 2 saturated heterocycles. The molecule has 1 unspecified atom stereocenters. The number of H-pyrrole nitrogens is 1. The molecule has 1 aromatic rings. The number of aromatic amines is 1. The Balaban J connectivity index is 1.33. The van der Waals surface area contributed by atoms with Gasteiger partial charge in [-0.25, -0.2) is 4.98 Å². The predicted octanol–water partition coefficient (Wildman–Crippen LogP) is 1.50. The molecule has 2 aliphatic heterocycles. The molecule has 2 N–H and O–H groups in total. The summed E-state index contributed by atoms with van der Waals surface area (Å²) in [5.74, 6) is 1.76. The SMILES string of the molecule is O=C(CN1CCCC(c2ncc[nH]2)C1)NCCCN1CCCCCC1=O. The van der Waals surface area contributed by atoms with Crippen LogP contribution in [0, 0.1) is 0 Å². The second kappa shape index (κ2) is 9.71. The lowest BCUT2D eigenvalue weighted by atomic mass is 9.97. The van der Waals surface area contributed by atoms with Crippen molar-refractivity contribution >= 4 is 11.8 Å². The lowest BCUT2D eigenvalue weighted by Crippen LogP contribution is -2.42. The van der Waals surface area contributed by atoms with Gasteiger partial charge in [0, 0.05) is 50.9 Å². The van der Waals surface area contributed by atoms with Crippen molar-refractivity contribution in [3.8, 4) is 0 Å². The summed E-state index contributed by atoms with van der Waals surface area (Å²) >= 11 is 0. The van der Waals surface area contributed by atoms with Gasteiger partial charge < -0.3 is 15.2 Å². The van der Waals surface area contributed by atoms with E-state index in [0.717, 1.165) is 70.5 Å². The molecule has 2 aliphatic rings. The summed E-state index contributed by atoms with van der Waals surface area (Å²) < 4.78 is 0. The molecule has 1 aromatic heterocycles. The molecule has 0 bridgehead atoms. The van der Waals surface area contributed by atoms with Gasteiger partial charge in [-0.15, -0.1) is 0 Å². The zero-order chi connectivity index (χ0) is 18.2. The Morgan fingerprint density at radius 3 is 3.04 bits per heavy atom. The molecule has 7 heteroatoms. The molecular weight excluding hydrogens is 330 g/mol. The van der Waals surface area contributed by atoms with Crippen molar-refractivity contribution in [3.63, 3.8) is 0 Å². The van der Waals surface area contributed by atoms with E-state index in [1.54, 1.807) is 6.20 Å². The Morgan fingerprint density at radius 2 is 2.19 bits per heavy atom. The van der Waals surface area contributed by atoms with E-state index in [9.17, 15) is 9.59 Å². The van der Waals surface area contributed by atoms with Crippen LogP contribution in [-0.4, -0.2) is 70.9 Å². The minimum atomic E-state index is 0.0762. The van der Waals surface area contributed by atoms with E-state index < -0.39 is 0 Å². The quantitative estimate of drug-likeness (QED) is 0.721. The van der Waals surface area contributed by atoms with E-state index >= 15 is 0 Å². The maximum Gasteiger partial charge on any atom is 0.234 e. The van der Waals surface area contributed by atoms with Crippen molar-refractivity contribution < 1.29 is 9.59 Å². The van der Waals surface area contributed by atoms with E-state index in [1.807, 2.05) is 11.1 Å². The lowest BCUT2D eigenvalue weighted by Gasteiger charge is -2.31. The number of carbonyl (C=O) groups is 2. The molecule has 3 rings (SSSR count). The number of rotatable bonds is 7. The van der Waals surface area contributed by atoms with Crippen LogP contribution in [0.25, 0.3) is 0 Å². The summed E-state index contributed by atoms with van der Waals surface area (Å²) in [6, 6.07) is 0. The highest BCUT2D eigenvalue weighted by Gasteiger charge is 2.24. The number of likely N-dealkylation sites (tertiary alicyclic amines) is 2. The molecule has 2 fully saturated rings. The fourth-order valence-corrected chi connectivity index (χ4v) is 3.95. The first-order chi connectivity index (χ1) is 12.7. The summed E-state index contributed by atoms with van der Waals surface area (Å²) in [5, 5.41) is 3.01. The summed E-state index contributed by atoms with van der Waals surface area (Å²) in [5.41, 5.74) is 0. The molecule has 3 heterocycles. The Bertz CT molecular complexity index is 574. The average Bonchev–Trinajstić information content (AvgIpc) is 3.10. The van der Waals surface area contributed by atoms with E-state index in [4.69, 9.17) is 0 Å². The fourth-order valence-electron chi connectivity index (χ4n) is 3.95. The molecule has 1 atom stereocenters. The number of aromatic nitrogens is 2. The van der Waals surface area contributed by atoms with Gasteiger partial charge in [0.2, 0.25) is 11.8 Å². The van der Waals surface area contributed by atoms with Gasteiger partial charge >= 0.3 is 0 Å². The standard InChI is InChI=1S/C19H31N5O2/c25-17(20-8-5-13-24-12-3-1-2-7-18(24)26)15-23-11-4-6-16(14-23)19-21-9-10-22-19/h9-10,16H,1-8,11-15H2,(H,20,25)(H,21,22). The normalized spacial score (nSPS) is 22.2. The second-order valence-electron chi connectivity index (χ2n) is 7.44. The van der Waals surface area contributed by atoms with Gasteiger partial charge in [0.25, 0.3) is 0 Å². The maximum absolute atomic E-state index is 12.2. The van der Waals surface area contributed by atoms with E-state index in [-0.39, 0.29) is 11.8 Å². The van der Waals surface area contributed by atoms with Crippen LogP contribution in [0.1, 0.15) is 56.7 Å². The molecule has 0 saturated carbocycles. The van der Waals surface area contributed by atoms with Gasteiger partial charge in [-0.2, -0.15) is 0 Å². The minimum absolute atomic E-state index is 0.0762. The van der Waals surface area contributed by atoms with Crippen LogP contribution >= 0.6 is 0 Å². The lowest BCUT2D eigenvalue weighted by molar-refractivity contribution is -0.130. The predicted molar refractivity (Wildman–Crippen MR) is 99.7 cm³/mol. The number of carbonyl (C=O) groups excluding carboxylic acids is 2. The van der Waals surface area contributed by atoms with Crippen LogP contribution in [0.3, 0.4) is 0 Å². The largest absolute Gasteiger partial charge is 0.355 e. The molecule has 7 nitrogen and oxygen atoms in total. The first-order valence-electron chi connectivity index (χ1n) is 9.98. The first-order valence-corrected chi connectivity index (χ1v) is 9.98. The van der Waals surface area contributed by atoms with Crippen LogP contribution in [0.5, 0.6) is 0 Å². The van der Waals surface area contributed by atoms with Crippen molar-refractivity contribution in [2.45, 2.75) is 50.9 Å². The van der Waals surface area contributed by atoms with Crippen LogP contribution < -0.4 is 5.32 Å². The molecule has 2 amide bonds. The van der Waals surface area contributed by atoms with Crippen LogP contribution in [0.2, 0.25) is 0 Å². The number of amides is 2. The maximum atomic E-state index is 12.2. The Hall–Kier alpha value is -1.89. The average molecular weight is 361 g/mol. The summed E-state index contributed by atoms with van der Waals surface area (Å²) in [4.78, 5) is 35.9. The summed E-state index contributed by atoms with van der Waals surface area (Å²) in [6.07, 6.45) is 10.6. The van der Waals surface area contributed by atoms with Crippen LogP contribution in [-0.2, 0) is 9.59 Å². The van der Waals surface area contributed by atoms with Crippen LogP contribution in [0.15, 0.2) is 12.4 Å². The number of nitrogens with one attached hydrogen (secondary N) is 2. The number of imidazole rings is 1.